The Morgan fingerprint density at radius 3 is 3.04 bits per heavy atom. The lowest BCUT2D eigenvalue weighted by Crippen LogP contribution is -2.28. The van der Waals surface area contributed by atoms with Crippen LogP contribution in [-0.2, 0) is 11.2 Å². The van der Waals surface area contributed by atoms with E-state index in [4.69, 9.17) is 0 Å². The van der Waals surface area contributed by atoms with E-state index in [1.807, 2.05) is 31.4 Å². The lowest BCUT2D eigenvalue weighted by molar-refractivity contribution is -0.121. The number of hydrogen-bond acceptors (Lipinski definition) is 5. The first kappa shape index (κ1) is 17.0. The molecule has 1 aromatic carbocycles. The van der Waals surface area contributed by atoms with E-state index in [9.17, 15) is 4.79 Å². The van der Waals surface area contributed by atoms with Gasteiger partial charge in [0, 0.05) is 5.38 Å². The molecule has 2 N–H and O–H groups in total. The number of thioether (sulfide) groups is 1. The van der Waals surface area contributed by atoms with Gasteiger partial charge in [0.1, 0.15) is 10.2 Å². The second-order valence-corrected chi connectivity index (χ2v) is 8.02. The Morgan fingerprint density at radius 2 is 2.25 bits per heavy atom. The standard InChI is InChI=1S/C17H20N4OS2/c1-4-23-17-19-12(9-24-17)8-15(22)18-11(3)16-20-13-6-5-10(2)7-14(13)21-16/h5-7,9,11H,4,8H2,1-3H3,(H,18,22)(H,20,21)/t11-/m0/s1. The summed E-state index contributed by atoms with van der Waals surface area (Å²) in [7, 11) is 0. The summed E-state index contributed by atoms with van der Waals surface area (Å²) in [6.45, 7) is 6.07. The number of imidazole rings is 1. The quantitative estimate of drug-likeness (QED) is 0.655. The lowest BCUT2D eigenvalue weighted by atomic mass is 10.2. The summed E-state index contributed by atoms with van der Waals surface area (Å²) in [5.41, 5.74) is 3.91. The van der Waals surface area contributed by atoms with Crippen molar-refractivity contribution in [1.29, 1.82) is 0 Å². The number of hydrogen-bond donors (Lipinski definition) is 2. The van der Waals surface area contributed by atoms with Crippen LogP contribution in [0.5, 0.6) is 0 Å². The van der Waals surface area contributed by atoms with Crippen LogP contribution in [0, 0.1) is 6.92 Å². The van der Waals surface area contributed by atoms with Gasteiger partial charge in [0.05, 0.1) is 29.2 Å². The first-order valence-corrected chi connectivity index (χ1v) is 9.74. The zero-order chi connectivity index (χ0) is 17.1. The molecule has 0 unspecified atom stereocenters. The molecule has 2 heterocycles. The van der Waals surface area contributed by atoms with Gasteiger partial charge in [-0.2, -0.15) is 0 Å². The van der Waals surface area contributed by atoms with Crippen molar-refractivity contribution < 1.29 is 4.79 Å². The Hall–Kier alpha value is -1.86. The molecular weight excluding hydrogens is 340 g/mol. The van der Waals surface area contributed by atoms with E-state index in [0.717, 1.165) is 32.6 Å². The van der Waals surface area contributed by atoms with Crippen LogP contribution in [0.25, 0.3) is 11.0 Å². The number of amides is 1. The summed E-state index contributed by atoms with van der Waals surface area (Å²) < 4.78 is 1.01. The van der Waals surface area contributed by atoms with Crippen LogP contribution >= 0.6 is 23.1 Å². The van der Waals surface area contributed by atoms with Gasteiger partial charge in [0.25, 0.3) is 0 Å². The van der Waals surface area contributed by atoms with Crippen molar-refractivity contribution in [1.82, 2.24) is 20.3 Å². The molecule has 0 saturated heterocycles. The fraction of sp³-hybridized carbons (Fsp3) is 0.353. The van der Waals surface area contributed by atoms with Crippen molar-refractivity contribution in [2.45, 2.75) is 37.6 Å². The van der Waals surface area contributed by atoms with Gasteiger partial charge < -0.3 is 10.3 Å². The second kappa shape index (κ2) is 7.36. The largest absolute Gasteiger partial charge is 0.346 e. The molecule has 1 atom stereocenters. The molecule has 126 valence electrons. The van der Waals surface area contributed by atoms with E-state index in [1.54, 1.807) is 23.1 Å². The highest BCUT2D eigenvalue weighted by atomic mass is 32.2. The molecule has 0 aliphatic rings. The third kappa shape index (κ3) is 3.96. The molecule has 0 radical (unpaired) electrons. The number of benzene rings is 1. The molecule has 0 saturated carbocycles. The highest BCUT2D eigenvalue weighted by molar-refractivity contribution is 8.00. The highest BCUT2D eigenvalue weighted by Crippen LogP contribution is 2.22. The molecule has 7 heteroatoms. The topological polar surface area (TPSA) is 70.7 Å². The predicted octanol–water partition coefficient (Wildman–Crippen LogP) is 3.86. The number of aryl methyl sites for hydroxylation is 1. The zero-order valence-electron chi connectivity index (χ0n) is 13.9. The monoisotopic (exact) mass is 360 g/mol. The Bertz CT molecular complexity index is 855. The highest BCUT2D eigenvalue weighted by Gasteiger charge is 2.15. The summed E-state index contributed by atoms with van der Waals surface area (Å²) in [5.74, 6) is 1.71. The van der Waals surface area contributed by atoms with Crippen LogP contribution in [0.15, 0.2) is 27.9 Å². The number of H-pyrrole nitrogens is 1. The fourth-order valence-corrected chi connectivity index (χ4v) is 4.17. The number of thiazole rings is 1. The maximum atomic E-state index is 12.2. The van der Waals surface area contributed by atoms with Gasteiger partial charge in [-0.1, -0.05) is 24.8 Å². The molecule has 0 spiro atoms. The van der Waals surface area contributed by atoms with E-state index in [0.29, 0.717) is 6.42 Å². The van der Waals surface area contributed by atoms with E-state index < -0.39 is 0 Å². The predicted molar refractivity (Wildman–Crippen MR) is 99.6 cm³/mol. The minimum Gasteiger partial charge on any atom is -0.346 e. The summed E-state index contributed by atoms with van der Waals surface area (Å²) >= 11 is 3.29. The minimum atomic E-state index is -0.173. The third-order valence-electron chi connectivity index (χ3n) is 3.58. The Kier molecular flexibility index (Phi) is 5.20. The number of nitrogens with one attached hydrogen (secondary N) is 2. The fourth-order valence-electron chi connectivity index (χ4n) is 2.43. The van der Waals surface area contributed by atoms with E-state index in [2.05, 4.69) is 33.3 Å². The summed E-state index contributed by atoms with van der Waals surface area (Å²) in [4.78, 5) is 24.5. The summed E-state index contributed by atoms with van der Waals surface area (Å²) in [6, 6.07) is 5.90. The SMILES string of the molecule is CCSc1nc(CC(=O)N[C@@H](C)c2nc3ccc(C)cc3[nH]2)cs1. The van der Waals surface area contributed by atoms with Gasteiger partial charge in [0.2, 0.25) is 5.91 Å². The first-order valence-electron chi connectivity index (χ1n) is 7.88. The van der Waals surface area contributed by atoms with Crippen LogP contribution in [0.4, 0.5) is 0 Å². The molecule has 0 fully saturated rings. The number of carbonyl (C=O) groups excluding carboxylic acids is 1. The number of aromatic nitrogens is 3. The molecule has 3 aromatic rings. The van der Waals surface area contributed by atoms with Crippen molar-refractivity contribution in [3.63, 3.8) is 0 Å². The van der Waals surface area contributed by atoms with Crippen molar-refractivity contribution in [2.24, 2.45) is 0 Å². The molecule has 0 aliphatic heterocycles. The first-order chi connectivity index (χ1) is 11.5. The van der Waals surface area contributed by atoms with Gasteiger partial charge in [-0.15, -0.1) is 11.3 Å². The Morgan fingerprint density at radius 1 is 1.42 bits per heavy atom. The maximum absolute atomic E-state index is 12.2. The number of rotatable bonds is 6. The minimum absolute atomic E-state index is 0.0440. The van der Waals surface area contributed by atoms with Crippen molar-refractivity contribution in [3.8, 4) is 0 Å². The van der Waals surface area contributed by atoms with Gasteiger partial charge in [0.15, 0.2) is 0 Å². The van der Waals surface area contributed by atoms with Gasteiger partial charge in [-0.3, -0.25) is 4.79 Å². The summed E-state index contributed by atoms with van der Waals surface area (Å²) in [6.07, 6.45) is 0.296. The van der Waals surface area contributed by atoms with Crippen molar-refractivity contribution >= 4 is 40.0 Å². The molecule has 3 rings (SSSR count). The molecule has 5 nitrogen and oxygen atoms in total. The van der Waals surface area contributed by atoms with Gasteiger partial charge in [-0.05, 0) is 37.3 Å². The van der Waals surface area contributed by atoms with Crippen molar-refractivity contribution in [2.75, 3.05) is 5.75 Å². The lowest BCUT2D eigenvalue weighted by Gasteiger charge is -2.10. The van der Waals surface area contributed by atoms with Crippen LogP contribution in [0.1, 0.15) is 37.0 Å². The van der Waals surface area contributed by atoms with Crippen LogP contribution < -0.4 is 5.32 Å². The smallest absolute Gasteiger partial charge is 0.226 e. The van der Waals surface area contributed by atoms with Crippen LogP contribution in [-0.4, -0.2) is 26.6 Å². The second-order valence-electron chi connectivity index (χ2n) is 5.65. The van der Waals surface area contributed by atoms with E-state index in [1.165, 1.54) is 5.56 Å². The number of fused-ring (bicyclic) bond motifs is 1. The van der Waals surface area contributed by atoms with E-state index >= 15 is 0 Å². The van der Waals surface area contributed by atoms with Gasteiger partial charge in [-0.25, -0.2) is 9.97 Å². The summed E-state index contributed by atoms with van der Waals surface area (Å²) in [5, 5.41) is 4.94. The normalized spacial score (nSPS) is 12.5. The average Bonchev–Trinajstić information content (AvgIpc) is 3.13. The van der Waals surface area contributed by atoms with Gasteiger partial charge >= 0.3 is 0 Å². The van der Waals surface area contributed by atoms with Crippen LogP contribution in [0.2, 0.25) is 0 Å². The maximum Gasteiger partial charge on any atom is 0.226 e. The molecule has 24 heavy (non-hydrogen) atoms. The van der Waals surface area contributed by atoms with Crippen LogP contribution in [0.3, 0.4) is 0 Å². The van der Waals surface area contributed by atoms with Crippen molar-refractivity contribution in [3.05, 3.63) is 40.7 Å². The molecule has 0 bridgehead atoms. The van der Waals surface area contributed by atoms with E-state index in [-0.39, 0.29) is 11.9 Å². The Labute approximate surface area is 149 Å². The molecular formula is C17H20N4OS2. The number of carbonyl (C=O) groups is 1. The third-order valence-corrected chi connectivity index (χ3v) is 5.54. The molecule has 0 aliphatic carbocycles. The average molecular weight is 361 g/mol. The molecule has 1 amide bonds. The molecule has 2 aromatic heterocycles. The number of nitrogens with zero attached hydrogens (tertiary/aromatic N) is 2. The zero-order valence-corrected chi connectivity index (χ0v) is 15.6. The Balaban J connectivity index is 1.63. The number of aromatic amines is 1.